The second-order valence-corrected chi connectivity index (χ2v) is 3.64. The van der Waals surface area contributed by atoms with E-state index in [2.05, 4.69) is 12.6 Å². The van der Waals surface area contributed by atoms with Crippen molar-refractivity contribution in [2.75, 3.05) is 5.73 Å². The zero-order valence-electron chi connectivity index (χ0n) is 8.63. The zero-order valence-corrected chi connectivity index (χ0v) is 9.52. The van der Waals surface area contributed by atoms with Crippen molar-refractivity contribution < 1.29 is 0 Å². The minimum atomic E-state index is 0.243. The lowest BCUT2D eigenvalue weighted by Crippen LogP contribution is -2.04. The molecule has 0 saturated carbocycles. The van der Waals surface area contributed by atoms with Gasteiger partial charge in [-0.3, -0.25) is 0 Å². The van der Waals surface area contributed by atoms with Crippen LogP contribution in [0.5, 0.6) is 0 Å². The van der Waals surface area contributed by atoms with Crippen molar-refractivity contribution >= 4 is 18.3 Å². The van der Waals surface area contributed by atoms with E-state index in [0.717, 1.165) is 11.1 Å². The third-order valence-electron chi connectivity index (χ3n) is 2.46. The van der Waals surface area contributed by atoms with E-state index in [1.807, 2.05) is 26.0 Å². The summed E-state index contributed by atoms with van der Waals surface area (Å²) in [5.41, 5.74) is 8.44. The molecule has 0 unspecified atom stereocenters. The minimum Gasteiger partial charge on any atom is -0.397 e. The van der Waals surface area contributed by atoms with Crippen LogP contribution in [0.1, 0.15) is 29.2 Å². The summed E-state index contributed by atoms with van der Waals surface area (Å²) < 4.78 is 0. The number of hydrogen-bond acceptors (Lipinski definition) is 4. The maximum atomic E-state index is 9.00. The third-order valence-corrected chi connectivity index (χ3v) is 3.02. The molecule has 15 heavy (non-hydrogen) atoms. The molecule has 0 aliphatic carbocycles. The van der Waals surface area contributed by atoms with Gasteiger partial charge in [0.2, 0.25) is 0 Å². The Kier molecular flexibility index (Phi) is 3.24. The molecule has 0 radical (unpaired) electrons. The first-order valence-electron chi connectivity index (χ1n) is 4.52. The molecule has 0 fully saturated rings. The number of anilines is 1. The monoisotopic (exact) mass is 217 g/mol. The van der Waals surface area contributed by atoms with Gasteiger partial charge >= 0.3 is 0 Å². The van der Waals surface area contributed by atoms with Gasteiger partial charge in [-0.25, -0.2) is 0 Å². The predicted octanol–water partition coefficient (Wildman–Crippen LogP) is 2.17. The molecule has 0 heterocycles. The second-order valence-electron chi connectivity index (χ2n) is 3.19. The van der Waals surface area contributed by atoms with E-state index in [1.165, 1.54) is 0 Å². The number of hydrogen-bond donors (Lipinski definition) is 2. The quantitative estimate of drug-likeness (QED) is 0.559. The summed E-state index contributed by atoms with van der Waals surface area (Å²) in [5, 5.41) is 17.9. The molecule has 0 aliphatic heterocycles. The summed E-state index contributed by atoms with van der Waals surface area (Å²) in [7, 11) is 0. The van der Waals surface area contributed by atoms with E-state index in [1.54, 1.807) is 0 Å². The van der Waals surface area contributed by atoms with Gasteiger partial charge in [0.05, 0.1) is 16.8 Å². The van der Waals surface area contributed by atoms with Crippen LogP contribution in [0.15, 0.2) is 4.90 Å². The lowest BCUT2D eigenvalue weighted by molar-refractivity contribution is 1.07. The topological polar surface area (TPSA) is 73.6 Å². The summed E-state index contributed by atoms with van der Waals surface area (Å²) in [5.74, 6) is 0. The van der Waals surface area contributed by atoms with Gasteiger partial charge in [0.15, 0.2) is 0 Å². The highest BCUT2D eigenvalue weighted by Crippen LogP contribution is 2.31. The Bertz CT molecular complexity index is 489. The smallest absolute Gasteiger partial charge is 0.103 e. The van der Waals surface area contributed by atoms with Gasteiger partial charge in [0.1, 0.15) is 12.1 Å². The number of nitrogens with two attached hydrogens (primary N) is 1. The van der Waals surface area contributed by atoms with Crippen molar-refractivity contribution in [2.45, 2.75) is 25.2 Å². The Morgan fingerprint density at radius 1 is 1.27 bits per heavy atom. The molecule has 0 saturated heterocycles. The molecule has 0 amide bonds. The Labute approximate surface area is 94.5 Å². The highest BCUT2D eigenvalue weighted by atomic mass is 32.1. The summed E-state index contributed by atoms with van der Waals surface area (Å²) >= 11 is 4.26. The minimum absolute atomic E-state index is 0.243. The van der Waals surface area contributed by atoms with E-state index in [-0.39, 0.29) is 5.69 Å². The van der Waals surface area contributed by atoms with Gasteiger partial charge in [0.25, 0.3) is 0 Å². The van der Waals surface area contributed by atoms with Crippen LogP contribution in [0.2, 0.25) is 0 Å². The highest BCUT2D eigenvalue weighted by molar-refractivity contribution is 7.80. The molecule has 0 spiro atoms. The molecule has 2 N–H and O–H groups in total. The van der Waals surface area contributed by atoms with Crippen molar-refractivity contribution in [2.24, 2.45) is 0 Å². The van der Waals surface area contributed by atoms with Crippen molar-refractivity contribution in [1.82, 2.24) is 0 Å². The second kappa shape index (κ2) is 4.25. The number of rotatable bonds is 1. The molecule has 76 valence electrons. The van der Waals surface area contributed by atoms with Crippen molar-refractivity contribution in [3.63, 3.8) is 0 Å². The summed E-state index contributed by atoms with van der Waals surface area (Å²) in [6.45, 7) is 3.80. The standard InChI is InChI=1S/C11H11N3S/c1-3-7-6(2)11(15)9(5-13)10(14)8(7)4-12/h15H,3,14H2,1-2H3. The maximum Gasteiger partial charge on any atom is 0.103 e. The molecular formula is C11H11N3S. The fourth-order valence-electron chi connectivity index (χ4n) is 1.62. The van der Waals surface area contributed by atoms with Crippen molar-refractivity contribution in [1.29, 1.82) is 10.5 Å². The Hall–Kier alpha value is -1.65. The maximum absolute atomic E-state index is 9.00. The fraction of sp³-hybridized carbons (Fsp3) is 0.273. The Morgan fingerprint density at radius 3 is 2.20 bits per heavy atom. The number of nitrogens with zero attached hydrogens (tertiary/aromatic N) is 2. The van der Waals surface area contributed by atoms with E-state index in [9.17, 15) is 0 Å². The Morgan fingerprint density at radius 2 is 1.80 bits per heavy atom. The van der Waals surface area contributed by atoms with Crippen LogP contribution in [0, 0.1) is 29.6 Å². The first-order valence-corrected chi connectivity index (χ1v) is 4.97. The number of benzene rings is 1. The average molecular weight is 217 g/mol. The van der Waals surface area contributed by atoms with E-state index in [0.29, 0.717) is 22.4 Å². The number of nitrogen functional groups attached to an aromatic ring is 1. The number of nitriles is 2. The van der Waals surface area contributed by atoms with Crippen LogP contribution in [0.3, 0.4) is 0 Å². The zero-order chi connectivity index (χ0) is 11.6. The van der Waals surface area contributed by atoms with Crippen molar-refractivity contribution in [3.8, 4) is 12.1 Å². The average Bonchev–Trinajstić information content (AvgIpc) is 2.23. The molecule has 0 atom stereocenters. The van der Waals surface area contributed by atoms with Crippen LogP contribution < -0.4 is 5.73 Å². The molecule has 1 rings (SSSR count). The van der Waals surface area contributed by atoms with Gasteiger partial charge in [-0.1, -0.05) is 6.92 Å². The molecule has 0 aromatic heterocycles. The van der Waals surface area contributed by atoms with E-state index >= 15 is 0 Å². The van der Waals surface area contributed by atoms with Crippen LogP contribution in [0.4, 0.5) is 5.69 Å². The molecule has 1 aromatic rings. The normalized spacial score (nSPS) is 9.40. The van der Waals surface area contributed by atoms with Gasteiger partial charge in [-0.2, -0.15) is 10.5 Å². The van der Waals surface area contributed by atoms with E-state index < -0.39 is 0 Å². The molecule has 3 nitrogen and oxygen atoms in total. The predicted molar refractivity (Wildman–Crippen MR) is 61.7 cm³/mol. The fourth-order valence-corrected chi connectivity index (χ4v) is 1.92. The molecule has 0 aliphatic rings. The molecule has 0 bridgehead atoms. The number of thiol groups is 1. The first kappa shape index (κ1) is 11.4. The SMILES string of the molecule is CCc1c(C)c(S)c(C#N)c(N)c1C#N. The summed E-state index contributed by atoms with van der Waals surface area (Å²) in [6, 6.07) is 4.03. The Balaban J connectivity index is 3.77. The first-order chi connectivity index (χ1) is 7.08. The van der Waals surface area contributed by atoms with Crippen molar-refractivity contribution in [3.05, 3.63) is 22.3 Å². The summed E-state index contributed by atoms with van der Waals surface area (Å²) in [4.78, 5) is 0.575. The van der Waals surface area contributed by atoms with Crippen LogP contribution in [-0.2, 0) is 6.42 Å². The lowest BCUT2D eigenvalue weighted by atomic mass is 9.95. The van der Waals surface area contributed by atoms with Gasteiger partial charge in [-0.15, -0.1) is 12.6 Å². The summed E-state index contributed by atoms with van der Waals surface area (Å²) in [6.07, 6.45) is 0.707. The van der Waals surface area contributed by atoms with Gasteiger partial charge in [0, 0.05) is 4.90 Å². The third kappa shape index (κ3) is 1.65. The van der Waals surface area contributed by atoms with Crippen LogP contribution in [-0.4, -0.2) is 0 Å². The largest absolute Gasteiger partial charge is 0.397 e. The van der Waals surface area contributed by atoms with Gasteiger partial charge < -0.3 is 5.73 Å². The highest BCUT2D eigenvalue weighted by Gasteiger charge is 2.16. The lowest BCUT2D eigenvalue weighted by Gasteiger charge is -2.13. The molecule has 4 heteroatoms. The van der Waals surface area contributed by atoms with Crippen LogP contribution in [0.25, 0.3) is 0 Å². The molecule has 1 aromatic carbocycles. The van der Waals surface area contributed by atoms with Gasteiger partial charge in [-0.05, 0) is 24.5 Å². The van der Waals surface area contributed by atoms with Crippen LogP contribution >= 0.6 is 12.6 Å². The van der Waals surface area contributed by atoms with E-state index in [4.69, 9.17) is 16.3 Å². The molecular weight excluding hydrogens is 206 g/mol.